The molecular formula is C9H11N3O5. The van der Waals surface area contributed by atoms with Gasteiger partial charge in [-0.3, -0.25) is 20.2 Å². The highest BCUT2D eigenvalue weighted by Gasteiger charge is 2.31. The molecule has 2 N–H and O–H groups in total. The van der Waals surface area contributed by atoms with Gasteiger partial charge in [0.05, 0.1) is 22.5 Å². The number of nitrogen functional groups attached to an aromatic ring is 1. The second kappa shape index (κ2) is 4.64. The molecule has 0 spiro atoms. The minimum atomic E-state index is -0.762. The Morgan fingerprint density at radius 3 is 2.29 bits per heavy atom. The van der Waals surface area contributed by atoms with Gasteiger partial charge in [0.15, 0.2) is 0 Å². The second-order valence-corrected chi connectivity index (χ2v) is 3.21. The number of nitrogens with two attached hydrogens (primary N) is 1. The van der Waals surface area contributed by atoms with Crippen LogP contribution in [0.25, 0.3) is 0 Å². The lowest BCUT2D eigenvalue weighted by Crippen LogP contribution is -2.05. The highest BCUT2D eigenvalue weighted by Crippen LogP contribution is 2.42. The van der Waals surface area contributed by atoms with E-state index in [0.717, 1.165) is 13.2 Å². The number of nitrogens with zero attached hydrogens (tertiary/aromatic N) is 2. The molecule has 0 aromatic heterocycles. The first-order valence-corrected chi connectivity index (χ1v) is 4.72. The first-order valence-electron chi connectivity index (χ1n) is 4.72. The van der Waals surface area contributed by atoms with E-state index in [0.29, 0.717) is 0 Å². The number of anilines is 1. The maximum atomic E-state index is 10.9. The molecule has 1 aromatic rings. The number of ether oxygens (including phenoxy) is 1. The SMILES string of the molecule is CCc1c(N)cc([N+](=O)[O-])c(OC)c1[N+](=O)[O-]. The topological polar surface area (TPSA) is 122 Å². The van der Waals surface area contributed by atoms with Crippen molar-refractivity contribution in [2.75, 3.05) is 12.8 Å². The van der Waals surface area contributed by atoms with Crippen LogP contribution in [0.2, 0.25) is 0 Å². The summed E-state index contributed by atoms with van der Waals surface area (Å²) < 4.78 is 4.76. The van der Waals surface area contributed by atoms with Crippen LogP contribution in [0, 0.1) is 20.2 Å². The van der Waals surface area contributed by atoms with Crippen molar-refractivity contribution in [2.45, 2.75) is 13.3 Å². The highest BCUT2D eigenvalue weighted by molar-refractivity contribution is 5.73. The third kappa shape index (κ3) is 2.10. The van der Waals surface area contributed by atoms with Gasteiger partial charge in [-0.15, -0.1) is 0 Å². The predicted molar refractivity (Wildman–Crippen MR) is 60.1 cm³/mol. The zero-order chi connectivity index (χ0) is 13.2. The molecule has 8 heteroatoms. The van der Waals surface area contributed by atoms with Crippen LogP contribution in [0.1, 0.15) is 12.5 Å². The molecule has 0 bridgehead atoms. The molecule has 0 saturated heterocycles. The summed E-state index contributed by atoms with van der Waals surface area (Å²) in [6.07, 6.45) is 0.288. The van der Waals surface area contributed by atoms with E-state index in [2.05, 4.69) is 0 Å². The van der Waals surface area contributed by atoms with E-state index in [1.54, 1.807) is 6.92 Å². The molecule has 0 aliphatic rings. The van der Waals surface area contributed by atoms with E-state index < -0.39 is 21.2 Å². The van der Waals surface area contributed by atoms with Gasteiger partial charge in [0.25, 0.3) is 5.75 Å². The molecule has 1 aromatic carbocycles. The molecule has 0 heterocycles. The molecule has 0 amide bonds. The zero-order valence-electron chi connectivity index (χ0n) is 9.30. The summed E-state index contributed by atoms with van der Waals surface area (Å²) in [5.74, 6) is -0.369. The second-order valence-electron chi connectivity index (χ2n) is 3.21. The fraction of sp³-hybridized carbons (Fsp3) is 0.333. The van der Waals surface area contributed by atoms with Gasteiger partial charge in [0.1, 0.15) is 0 Å². The molecule has 0 atom stereocenters. The number of rotatable bonds is 4. The van der Waals surface area contributed by atoms with Crippen molar-refractivity contribution in [1.29, 1.82) is 0 Å². The normalized spacial score (nSPS) is 10.0. The summed E-state index contributed by atoms with van der Waals surface area (Å²) in [5.41, 5.74) is 4.87. The average Bonchev–Trinajstić information content (AvgIpc) is 2.26. The smallest absolute Gasteiger partial charge is 0.323 e. The van der Waals surface area contributed by atoms with Crippen LogP contribution in [0.4, 0.5) is 17.1 Å². The Morgan fingerprint density at radius 2 is 1.94 bits per heavy atom. The summed E-state index contributed by atoms with van der Waals surface area (Å²) in [7, 11) is 1.14. The molecule has 8 nitrogen and oxygen atoms in total. The lowest BCUT2D eigenvalue weighted by atomic mass is 10.1. The van der Waals surface area contributed by atoms with Crippen LogP contribution >= 0.6 is 0 Å². The summed E-state index contributed by atoms with van der Waals surface area (Å²) in [6.45, 7) is 1.67. The Labute approximate surface area is 96.3 Å². The maximum Gasteiger partial charge on any atom is 0.323 e. The number of benzene rings is 1. The van der Waals surface area contributed by atoms with Gasteiger partial charge in [0, 0.05) is 11.8 Å². The van der Waals surface area contributed by atoms with Gasteiger partial charge in [0.2, 0.25) is 0 Å². The molecule has 17 heavy (non-hydrogen) atoms. The van der Waals surface area contributed by atoms with E-state index in [1.807, 2.05) is 0 Å². The molecule has 0 fully saturated rings. The van der Waals surface area contributed by atoms with Gasteiger partial charge in [-0.1, -0.05) is 6.92 Å². The average molecular weight is 241 g/mol. The van der Waals surface area contributed by atoms with Crippen LogP contribution in [0.5, 0.6) is 5.75 Å². The van der Waals surface area contributed by atoms with Gasteiger partial charge in [-0.05, 0) is 6.42 Å². The van der Waals surface area contributed by atoms with Crippen molar-refractivity contribution in [2.24, 2.45) is 0 Å². The summed E-state index contributed by atoms with van der Waals surface area (Å²) in [5, 5.41) is 21.7. The summed E-state index contributed by atoms with van der Waals surface area (Å²) in [4.78, 5) is 20.2. The molecule has 0 aliphatic heterocycles. The predicted octanol–water partition coefficient (Wildman–Crippen LogP) is 1.66. The molecule has 0 aliphatic carbocycles. The van der Waals surface area contributed by atoms with E-state index in [4.69, 9.17) is 10.5 Å². The van der Waals surface area contributed by atoms with Gasteiger partial charge < -0.3 is 10.5 Å². The summed E-state index contributed by atoms with van der Waals surface area (Å²) in [6, 6.07) is 1.07. The molecule has 92 valence electrons. The first kappa shape index (κ1) is 12.7. The molecule has 0 radical (unpaired) electrons. The van der Waals surface area contributed by atoms with Gasteiger partial charge in [-0.2, -0.15) is 0 Å². The fourth-order valence-corrected chi connectivity index (χ4v) is 1.60. The molecule has 0 saturated carbocycles. The summed E-state index contributed by atoms with van der Waals surface area (Å²) >= 11 is 0. The van der Waals surface area contributed by atoms with E-state index >= 15 is 0 Å². The van der Waals surface area contributed by atoms with Crippen molar-refractivity contribution in [3.05, 3.63) is 31.9 Å². The van der Waals surface area contributed by atoms with Gasteiger partial charge in [-0.25, -0.2) is 0 Å². The van der Waals surface area contributed by atoms with E-state index in [9.17, 15) is 20.2 Å². The Bertz CT molecular complexity index is 486. The van der Waals surface area contributed by atoms with Crippen LogP contribution in [0.15, 0.2) is 6.07 Å². The number of methoxy groups -OCH3 is 1. The number of hydrogen-bond donors (Lipinski definition) is 1. The van der Waals surface area contributed by atoms with Crippen molar-refractivity contribution in [3.8, 4) is 5.75 Å². The molecule has 1 rings (SSSR count). The van der Waals surface area contributed by atoms with Crippen LogP contribution in [-0.2, 0) is 6.42 Å². The van der Waals surface area contributed by atoms with Crippen LogP contribution < -0.4 is 10.5 Å². The minimum absolute atomic E-state index is 0.0201. The number of nitro groups is 2. The Hall–Kier alpha value is -2.38. The maximum absolute atomic E-state index is 10.9. The Balaban J connectivity index is 3.71. The number of nitro benzene ring substituents is 2. The highest BCUT2D eigenvalue weighted by atomic mass is 16.6. The largest absolute Gasteiger partial charge is 0.485 e. The van der Waals surface area contributed by atoms with Crippen molar-refractivity contribution < 1.29 is 14.6 Å². The Kier molecular flexibility index (Phi) is 3.46. The van der Waals surface area contributed by atoms with E-state index in [-0.39, 0.29) is 23.4 Å². The van der Waals surface area contributed by atoms with Crippen molar-refractivity contribution in [3.63, 3.8) is 0 Å². The van der Waals surface area contributed by atoms with Gasteiger partial charge >= 0.3 is 11.4 Å². The quantitative estimate of drug-likeness (QED) is 0.486. The lowest BCUT2D eigenvalue weighted by molar-refractivity contribution is -0.396. The third-order valence-electron chi connectivity index (χ3n) is 2.31. The lowest BCUT2D eigenvalue weighted by Gasteiger charge is -2.08. The molecular weight excluding hydrogens is 230 g/mol. The zero-order valence-corrected chi connectivity index (χ0v) is 9.30. The first-order chi connectivity index (χ1) is 7.93. The monoisotopic (exact) mass is 241 g/mol. The minimum Gasteiger partial charge on any atom is -0.485 e. The van der Waals surface area contributed by atoms with Crippen molar-refractivity contribution in [1.82, 2.24) is 0 Å². The molecule has 0 unspecified atom stereocenters. The van der Waals surface area contributed by atoms with Crippen LogP contribution in [-0.4, -0.2) is 17.0 Å². The standard InChI is InChI=1S/C9H11N3O5/c1-3-5-6(10)4-7(11(13)14)9(17-2)8(5)12(15)16/h4H,3,10H2,1-2H3. The third-order valence-corrected chi connectivity index (χ3v) is 2.31. The van der Waals surface area contributed by atoms with E-state index in [1.165, 1.54) is 0 Å². The fourth-order valence-electron chi connectivity index (χ4n) is 1.60. The van der Waals surface area contributed by atoms with Crippen molar-refractivity contribution >= 4 is 17.1 Å². The van der Waals surface area contributed by atoms with Crippen LogP contribution in [0.3, 0.4) is 0 Å². The Morgan fingerprint density at radius 1 is 1.35 bits per heavy atom. The number of hydrogen-bond acceptors (Lipinski definition) is 6.